The van der Waals surface area contributed by atoms with Gasteiger partial charge in [-0.2, -0.15) is 5.10 Å². The monoisotopic (exact) mass is 407 g/mol. The zero-order valence-electron chi connectivity index (χ0n) is 15.9. The number of carbonyl (C=O) groups excluding carboxylic acids is 1. The number of aromatic nitrogens is 4. The summed E-state index contributed by atoms with van der Waals surface area (Å²) in [6.45, 7) is 3.90. The van der Waals surface area contributed by atoms with Gasteiger partial charge in [-0.1, -0.05) is 17.7 Å². The van der Waals surface area contributed by atoms with Crippen LogP contribution in [0.25, 0.3) is 16.7 Å². The molecule has 146 valence electrons. The average Bonchev–Trinajstić information content (AvgIpc) is 3.13. The van der Waals surface area contributed by atoms with Crippen molar-refractivity contribution in [2.24, 2.45) is 0 Å². The fourth-order valence-electron chi connectivity index (χ4n) is 3.00. The van der Waals surface area contributed by atoms with Crippen LogP contribution in [0.2, 0.25) is 5.02 Å². The second-order valence-corrected chi connectivity index (χ2v) is 7.23. The lowest BCUT2D eigenvalue weighted by Gasteiger charge is -2.08. The Morgan fingerprint density at radius 1 is 1.10 bits per heavy atom. The van der Waals surface area contributed by atoms with E-state index < -0.39 is 0 Å². The number of rotatable bonds is 4. The second-order valence-electron chi connectivity index (χ2n) is 6.79. The Morgan fingerprint density at radius 3 is 2.59 bits per heavy atom. The average molecular weight is 408 g/mol. The molecule has 4 aromatic rings. The Balaban J connectivity index is 1.61. The highest BCUT2D eigenvalue weighted by molar-refractivity contribution is 6.30. The van der Waals surface area contributed by atoms with Crippen molar-refractivity contribution in [3.8, 4) is 5.69 Å². The predicted molar refractivity (Wildman–Crippen MR) is 113 cm³/mol. The normalized spacial score (nSPS) is 11.0. The van der Waals surface area contributed by atoms with Gasteiger partial charge in [0.2, 0.25) is 5.91 Å². The molecule has 0 bridgehead atoms. The molecular formula is C21H18ClN5O2. The lowest BCUT2D eigenvalue weighted by atomic mass is 10.1. The standard InChI is InChI=1S/C21H18ClN5O2/c1-13-3-8-17(9-14(13)2)27-20-18(10-24-27)21(29)26(12-23-20)11-19(28)25-16-6-4-15(22)5-7-16/h3-10,12H,11H2,1-2H3,(H,25,28). The van der Waals surface area contributed by atoms with E-state index in [1.807, 2.05) is 32.0 Å². The topological polar surface area (TPSA) is 81.8 Å². The van der Waals surface area contributed by atoms with Gasteiger partial charge in [0.05, 0.1) is 11.9 Å². The van der Waals surface area contributed by atoms with E-state index in [1.165, 1.54) is 22.7 Å². The number of carbonyl (C=O) groups is 1. The minimum Gasteiger partial charge on any atom is -0.325 e. The number of anilines is 1. The van der Waals surface area contributed by atoms with Crippen molar-refractivity contribution in [1.82, 2.24) is 19.3 Å². The Morgan fingerprint density at radius 2 is 1.86 bits per heavy atom. The van der Waals surface area contributed by atoms with Gasteiger partial charge < -0.3 is 5.32 Å². The number of aryl methyl sites for hydroxylation is 2. The SMILES string of the molecule is Cc1ccc(-n2ncc3c(=O)n(CC(=O)Nc4ccc(Cl)cc4)cnc32)cc1C. The Labute approximate surface area is 171 Å². The van der Waals surface area contributed by atoms with E-state index in [0.717, 1.165) is 11.3 Å². The molecule has 0 fully saturated rings. The van der Waals surface area contributed by atoms with Crippen LogP contribution < -0.4 is 10.9 Å². The molecule has 0 saturated carbocycles. The van der Waals surface area contributed by atoms with Crippen LogP contribution in [0.15, 0.2) is 59.8 Å². The molecule has 0 aliphatic heterocycles. The van der Waals surface area contributed by atoms with E-state index >= 15 is 0 Å². The smallest absolute Gasteiger partial charge is 0.264 e. The van der Waals surface area contributed by atoms with Gasteiger partial charge in [0.1, 0.15) is 18.3 Å². The molecule has 0 radical (unpaired) electrons. The summed E-state index contributed by atoms with van der Waals surface area (Å²) in [5.41, 5.74) is 3.85. The molecule has 0 unspecified atom stereocenters. The van der Waals surface area contributed by atoms with Gasteiger partial charge in [0, 0.05) is 10.7 Å². The molecule has 2 aromatic heterocycles. The highest BCUT2D eigenvalue weighted by Crippen LogP contribution is 2.17. The van der Waals surface area contributed by atoms with Crippen LogP contribution >= 0.6 is 11.6 Å². The van der Waals surface area contributed by atoms with Crippen molar-refractivity contribution in [2.45, 2.75) is 20.4 Å². The lowest BCUT2D eigenvalue weighted by molar-refractivity contribution is -0.116. The van der Waals surface area contributed by atoms with Crippen LogP contribution in [-0.2, 0) is 11.3 Å². The minimum absolute atomic E-state index is 0.154. The number of fused-ring (bicyclic) bond motifs is 1. The summed E-state index contributed by atoms with van der Waals surface area (Å²) < 4.78 is 2.89. The van der Waals surface area contributed by atoms with Gasteiger partial charge in [-0.25, -0.2) is 9.67 Å². The summed E-state index contributed by atoms with van der Waals surface area (Å²) >= 11 is 5.84. The van der Waals surface area contributed by atoms with Gasteiger partial charge in [0.25, 0.3) is 5.56 Å². The minimum atomic E-state index is -0.336. The van der Waals surface area contributed by atoms with Crippen LogP contribution in [0, 0.1) is 13.8 Å². The first-order valence-electron chi connectivity index (χ1n) is 8.98. The van der Waals surface area contributed by atoms with Gasteiger partial charge in [-0.3, -0.25) is 14.2 Å². The van der Waals surface area contributed by atoms with E-state index in [-0.39, 0.29) is 18.0 Å². The van der Waals surface area contributed by atoms with E-state index in [9.17, 15) is 9.59 Å². The summed E-state index contributed by atoms with van der Waals surface area (Å²) in [6, 6.07) is 12.7. The fourth-order valence-corrected chi connectivity index (χ4v) is 3.12. The highest BCUT2D eigenvalue weighted by atomic mass is 35.5. The number of nitrogens with zero attached hydrogens (tertiary/aromatic N) is 4. The number of hydrogen-bond donors (Lipinski definition) is 1. The molecule has 0 atom stereocenters. The van der Waals surface area contributed by atoms with E-state index in [1.54, 1.807) is 28.9 Å². The lowest BCUT2D eigenvalue weighted by Crippen LogP contribution is -2.27. The van der Waals surface area contributed by atoms with Gasteiger partial charge in [-0.15, -0.1) is 0 Å². The maximum atomic E-state index is 12.8. The van der Waals surface area contributed by atoms with Crippen LogP contribution in [0.4, 0.5) is 5.69 Å². The van der Waals surface area contributed by atoms with Crippen molar-refractivity contribution in [2.75, 3.05) is 5.32 Å². The number of halogens is 1. The zero-order chi connectivity index (χ0) is 20.5. The summed E-state index contributed by atoms with van der Waals surface area (Å²) in [5, 5.41) is 7.98. The Hall–Kier alpha value is -3.45. The first-order chi connectivity index (χ1) is 13.9. The molecule has 2 aromatic carbocycles. The van der Waals surface area contributed by atoms with Gasteiger partial charge in [-0.05, 0) is 61.4 Å². The van der Waals surface area contributed by atoms with Crippen molar-refractivity contribution in [1.29, 1.82) is 0 Å². The first kappa shape index (κ1) is 18.9. The maximum Gasteiger partial charge on any atom is 0.264 e. The predicted octanol–water partition coefficient (Wildman–Crippen LogP) is 3.49. The molecule has 2 heterocycles. The first-order valence-corrected chi connectivity index (χ1v) is 9.36. The largest absolute Gasteiger partial charge is 0.325 e. The third kappa shape index (κ3) is 3.77. The molecule has 7 nitrogen and oxygen atoms in total. The zero-order valence-corrected chi connectivity index (χ0v) is 16.6. The molecule has 29 heavy (non-hydrogen) atoms. The molecule has 1 N–H and O–H groups in total. The quantitative estimate of drug-likeness (QED) is 0.561. The van der Waals surface area contributed by atoms with Crippen molar-refractivity contribution >= 4 is 34.2 Å². The molecule has 1 amide bonds. The molecule has 8 heteroatoms. The van der Waals surface area contributed by atoms with Gasteiger partial charge in [0.15, 0.2) is 5.65 Å². The summed E-state index contributed by atoms with van der Waals surface area (Å²) in [6.07, 6.45) is 2.85. The summed E-state index contributed by atoms with van der Waals surface area (Å²) in [5.74, 6) is -0.336. The van der Waals surface area contributed by atoms with Crippen LogP contribution in [0.1, 0.15) is 11.1 Å². The maximum absolute atomic E-state index is 12.8. The molecule has 0 spiro atoms. The van der Waals surface area contributed by atoms with Crippen LogP contribution in [0.3, 0.4) is 0 Å². The summed E-state index contributed by atoms with van der Waals surface area (Å²) in [4.78, 5) is 29.5. The molecule has 0 aliphatic carbocycles. The number of hydrogen-bond acceptors (Lipinski definition) is 4. The number of benzene rings is 2. The third-order valence-corrected chi connectivity index (χ3v) is 4.98. The van der Waals surface area contributed by atoms with Gasteiger partial charge >= 0.3 is 0 Å². The molecule has 0 saturated heterocycles. The number of nitrogens with one attached hydrogen (secondary N) is 1. The molecule has 0 aliphatic rings. The van der Waals surface area contributed by atoms with E-state index in [2.05, 4.69) is 15.4 Å². The molecular weight excluding hydrogens is 390 g/mol. The second kappa shape index (κ2) is 7.52. The highest BCUT2D eigenvalue weighted by Gasteiger charge is 2.13. The van der Waals surface area contributed by atoms with Crippen molar-refractivity contribution < 1.29 is 4.79 Å². The molecule has 4 rings (SSSR count). The Bertz CT molecular complexity index is 1270. The number of amides is 1. The van der Waals surface area contributed by atoms with Crippen molar-refractivity contribution in [3.05, 3.63) is 81.5 Å². The Kier molecular flexibility index (Phi) is 4.90. The third-order valence-electron chi connectivity index (χ3n) is 4.73. The van der Waals surface area contributed by atoms with E-state index in [4.69, 9.17) is 11.6 Å². The van der Waals surface area contributed by atoms with Crippen LogP contribution in [-0.4, -0.2) is 25.2 Å². The van der Waals surface area contributed by atoms with Crippen molar-refractivity contribution in [3.63, 3.8) is 0 Å². The summed E-state index contributed by atoms with van der Waals surface area (Å²) in [7, 11) is 0. The van der Waals surface area contributed by atoms with E-state index in [0.29, 0.717) is 21.7 Å². The van der Waals surface area contributed by atoms with Crippen LogP contribution in [0.5, 0.6) is 0 Å². The fraction of sp³-hybridized carbons (Fsp3) is 0.143.